The lowest BCUT2D eigenvalue weighted by molar-refractivity contribution is 0.0702. The highest BCUT2D eigenvalue weighted by Crippen LogP contribution is 2.36. The van der Waals surface area contributed by atoms with Crippen molar-refractivity contribution in [1.29, 1.82) is 0 Å². The van der Waals surface area contributed by atoms with Crippen LogP contribution in [-0.4, -0.2) is 34.2 Å². The van der Waals surface area contributed by atoms with Crippen LogP contribution in [0.4, 0.5) is 10.1 Å². The molecule has 0 aliphatic heterocycles. The topological polar surface area (TPSA) is 77.8 Å². The van der Waals surface area contributed by atoms with Gasteiger partial charge >= 0.3 is 5.97 Å². The Labute approximate surface area is 185 Å². The summed E-state index contributed by atoms with van der Waals surface area (Å²) in [6, 6.07) is 6.60. The first kappa shape index (κ1) is 23.0. The number of hydrogen-bond donors (Lipinski definition) is 2. The zero-order valence-corrected chi connectivity index (χ0v) is 18.6. The second-order valence-electron chi connectivity index (χ2n) is 8.77. The van der Waals surface area contributed by atoms with Crippen LogP contribution in [-0.2, 0) is 0 Å². The molecule has 2 aromatic rings. The Morgan fingerprint density at radius 2 is 1.74 bits per heavy atom. The smallest absolute Gasteiger partial charge is 0.348 e. The summed E-state index contributed by atoms with van der Waals surface area (Å²) in [6.07, 6.45) is 1.73. The summed E-state index contributed by atoms with van der Waals surface area (Å²) in [5.74, 6) is 4.15. The molecule has 1 heterocycles. The fourth-order valence-corrected chi connectivity index (χ4v) is 4.39. The number of thiophene rings is 1. The molecular weight excluding hydrogens is 417 g/mol. The van der Waals surface area contributed by atoms with Crippen molar-refractivity contribution in [3.05, 3.63) is 51.5 Å². The molecule has 1 amide bonds. The Morgan fingerprint density at radius 1 is 1.13 bits per heavy atom. The predicted octanol–water partition coefficient (Wildman–Crippen LogP) is 4.93. The molecule has 2 N–H and O–H groups in total. The van der Waals surface area contributed by atoms with Gasteiger partial charge in [-0.1, -0.05) is 11.8 Å². The lowest BCUT2D eigenvalue weighted by atomic mass is 9.91. The number of aromatic carboxylic acids is 1. The lowest BCUT2D eigenvalue weighted by Gasteiger charge is -2.35. The van der Waals surface area contributed by atoms with E-state index in [4.69, 9.17) is 0 Å². The molecule has 31 heavy (non-hydrogen) atoms. The molecule has 0 saturated heterocycles. The Bertz CT molecular complexity index is 1020. The highest BCUT2D eigenvalue weighted by atomic mass is 32.1. The fraction of sp³-hybridized carbons (Fsp3) is 0.417. The number of rotatable bonds is 4. The summed E-state index contributed by atoms with van der Waals surface area (Å²) in [5, 5.41) is 19.7. The number of benzene rings is 1. The van der Waals surface area contributed by atoms with Crippen LogP contribution in [0.3, 0.4) is 0 Å². The third kappa shape index (κ3) is 5.72. The van der Waals surface area contributed by atoms with Crippen LogP contribution in [0.25, 0.3) is 0 Å². The van der Waals surface area contributed by atoms with Gasteiger partial charge in [0.25, 0.3) is 5.91 Å². The standard InChI is InChI=1S/C24H26FNO4S/c1-24(2,3)13-12-19-14-20(21(31-19)23(29)30)26(17-8-10-18(27)11-9-17)22(28)15-4-6-16(25)7-5-15/h4-7,14,17-18,27H,8-11H2,1-3H3,(H,29,30)/t17-,18-. The minimum Gasteiger partial charge on any atom is -0.477 e. The molecule has 3 rings (SSSR count). The van der Waals surface area contributed by atoms with Crippen LogP contribution < -0.4 is 4.90 Å². The van der Waals surface area contributed by atoms with E-state index in [1.807, 2.05) is 20.8 Å². The average Bonchev–Trinajstić information content (AvgIpc) is 3.12. The van der Waals surface area contributed by atoms with Gasteiger partial charge in [-0.2, -0.15) is 0 Å². The molecule has 0 bridgehead atoms. The minimum atomic E-state index is -1.13. The van der Waals surface area contributed by atoms with E-state index in [0.29, 0.717) is 36.2 Å². The van der Waals surface area contributed by atoms with E-state index in [9.17, 15) is 24.2 Å². The van der Waals surface area contributed by atoms with E-state index < -0.39 is 23.8 Å². The Morgan fingerprint density at radius 3 is 2.29 bits per heavy atom. The Hall–Kier alpha value is -2.69. The van der Waals surface area contributed by atoms with Crippen molar-refractivity contribution in [1.82, 2.24) is 0 Å². The normalized spacial score (nSPS) is 18.7. The largest absolute Gasteiger partial charge is 0.477 e. The molecule has 164 valence electrons. The van der Waals surface area contributed by atoms with Crippen molar-refractivity contribution in [3.8, 4) is 11.8 Å². The van der Waals surface area contributed by atoms with Gasteiger partial charge in [0.2, 0.25) is 0 Å². The summed E-state index contributed by atoms with van der Waals surface area (Å²) < 4.78 is 13.4. The number of anilines is 1. The molecule has 1 aromatic heterocycles. The second-order valence-corrected chi connectivity index (χ2v) is 9.83. The van der Waals surface area contributed by atoms with Gasteiger partial charge in [0.15, 0.2) is 0 Å². The Kier molecular flexibility index (Phi) is 6.83. The maximum Gasteiger partial charge on any atom is 0.348 e. The van der Waals surface area contributed by atoms with Gasteiger partial charge in [0.1, 0.15) is 10.7 Å². The van der Waals surface area contributed by atoms with Gasteiger partial charge in [-0.3, -0.25) is 4.79 Å². The quantitative estimate of drug-likeness (QED) is 0.657. The van der Waals surface area contributed by atoms with Crippen molar-refractivity contribution in [2.45, 2.75) is 58.6 Å². The van der Waals surface area contributed by atoms with Gasteiger partial charge in [0, 0.05) is 17.0 Å². The maximum absolute atomic E-state index is 13.5. The highest BCUT2D eigenvalue weighted by molar-refractivity contribution is 7.15. The van der Waals surface area contributed by atoms with Crippen molar-refractivity contribution in [3.63, 3.8) is 0 Å². The van der Waals surface area contributed by atoms with Gasteiger partial charge in [-0.15, -0.1) is 11.3 Å². The lowest BCUT2D eigenvalue weighted by Crippen LogP contribution is -2.43. The number of carbonyl (C=O) groups excluding carboxylic acids is 1. The average molecular weight is 444 g/mol. The van der Waals surface area contributed by atoms with Crippen molar-refractivity contribution >= 4 is 28.9 Å². The summed E-state index contributed by atoms with van der Waals surface area (Å²) in [5.41, 5.74) is 0.320. The van der Waals surface area contributed by atoms with Crippen LogP contribution in [0.15, 0.2) is 30.3 Å². The molecular formula is C24H26FNO4S. The first-order chi connectivity index (χ1) is 14.5. The van der Waals surface area contributed by atoms with E-state index in [1.54, 1.807) is 6.07 Å². The number of halogens is 1. The summed E-state index contributed by atoms with van der Waals surface area (Å²) >= 11 is 1.04. The number of carbonyl (C=O) groups is 2. The third-order valence-corrected chi connectivity index (χ3v) is 6.10. The molecule has 0 unspecified atom stereocenters. The van der Waals surface area contributed by atoms with Crippen LogP contribution in [0.5, 0.6) is 0 Å². The van der Waals surface area contributed by atoms with Crippen molar-refractivity contribution < 1.29 is 24.2 Å². The summed E-state index contributed by atoms with van der Waals surface area (Å²) in [4.78, 5) is 27.6. The molecule has 1 saturated carbocycles. The van der Waals surface area contributed by atoms with E-state index in [-0.39, 0.29) is 21.9 Å². The van der Waals surface area contributed by atoms with E-state index in [2.05, 4.69) is 11.8 Å². The van der Waals surface area contributed by atoms with Crippen molar-refractivity contribution in [2.24, 2.45) is 5.41 Å². The highest BCUT2D eigenvalue weighted by Gasteiger charge is 2.33. The van der Waals surface area contributed by atoms with E-state index in [1.165, 1.54) is 29.2 Å². The number of aliphatic hydroxyl groups excluding tert-OH is 1. The molecule has 1 aliphatic rings. The zero-order valence-electron chi connectivity index (χ0n) is 17.8. The molecule has 0 atom stereocenters. The molecule has 0 spiro atoms. The molecule has 1 aromatic carbocycles. The third-order valence-electron chi connectivity index (χ3n) is 5.07. The summed E-state index contributed by atoms with van der Waals surface area (Å²) in [6.45, 7) is 5.89. The van der Waals surface area contributed by atoms with Crippen LogP contribution in [0, 0.1) is 23.1 Å². The fourth-order valence-electron chi connectivity index (χ4n) is 3.54. The van der Waals surface area contributed by atoms with Crippen LogP contribution >= 0.6 is 11.3 Å². The van der Waals surface area contributed by atoms with Crippen LogP contribution in [0.2, 0.25) is 0 Å². The second kappa shape index (κ2) is 9.21. The van der Waals surface area contributed by atoms with E-state index >= 15 is 0 Å². The first-order valence-corrected chi connectivity index (χ1v) is 11.0. The zero-order chi connectivity index (χ0) is 22.8. The van der Waals surface area contributed by atoms with Gasteiger partial charge in [-0.25, -0.2) is 9.18 Å². The predicted molar refractivity (Wildman–Crippen MR) is 119 cm³/mol. The SMILES string of the molecule is CC(C)(C)C#Cc1cc(N(C(=O)c2ccc(F)cc2)[C@H]2CC[C@H](O)CC2)c(C(=O)O)s1. The van der Waals surface area contributed by atoms with E-state index in [0.717, 1.165) is 11.3 Å². The molecule has 7 heteroatoms. The summed E-state index contributed by atoms with van der Waals surface area (Å²) in [7, 11) is 0. The molecule has 1 fully saturated rings. The monoisotopic (exact) mass is 443 g/mol. The van der Waals surface area contributed by atoms with Gasteiger partial charge < -0.3 is 15.1 Å². The number of aliphatic hydroxyl groups is 1. The molecule has 0 radical (unpaired) electrons. The molecule has 5 nitrogen and oxygen atoms in total. The number of hydrogen-bond acceptors (Lipinski definition) is 4. The minimum absolute atomic E-state index is 0.0415. The number of carboxylic acid groups (broad SMARTS) is 1. The first-order valence-electron chi connectivity index (χ1n) is 10.2. The molecule has 1 aliphatic carbocycles. The number of carboxylic acids is 1. The van der Waals surface area contributed by atoms with Crippen LogP contribution in [0.1, 0.15) is 71.4 Å². The number of nitrogens with zero attached hydrogens (tertiary/aromatic N) is 1. The maximum atomic E-state index is 13.5. The number of amides is 1. The van der Waals surface area contributed by atoms with Crippen molar-refractivity contribution in [2.75, 3.05) is 4.90 Å². The van der Waals surface area contributed by atoms with Gasteiger partial charge in [0.05, 0.1) is 16.7 Å². The Balaban J connectivity index is 2.08. The van der Waals surface area contributed by atoms with Gasteiger partial charge in [-0.05, 0) is 76.8 Å².